The molecule has 1 unspecified atom stereocenters. The number of anilines is 1. The molecule has 116 valence electrons. The van der Waals surface area contributed by atoms with E-state index in [1.165, 1.54) is 19.6 Å². The third-order valence-electron chi connectivity index (χ3n) is 4.23. The van der Waals surface area contributed by atoms with Crippen molar-refractivity contribution in [2.75, 3.05) is 25.5 Å². The number of piperidine rings is 1. The molecule has 1 aromatic rings. The molecule has 6 nitrogen and oxygen atoms in total. The molecule has 0 radical (unpaired) electrons. The predicted octanol–water partition coefficient (Wildman–Crippen LogP) is 2.79. The Balaban J connectivity index is 2.10. The van der Waals surface area contributed by atoms with Crippen molar-refractivity contribution in [2.45, 2.75) is 32.7 Å². The maximum atomic E-state index is 11.2. The molecule has 1 fully saturated rings. The molecular formula is C15H23N3O3. The van der Waals surface area contributed by atoms with Gasteiger partial charge in [0.1, 0.15) is 11.4 Å². The van der Waals surface area contributed by atoms with Crippen LogP contribution in [0.2, 0.25) is 0 Å². The van der Waals surface area contributed by atoms with Gasteiger partial charge in [-0.3, -0.25) is 10.1 Å². The van der Waals surface area contributed by atoms with Gasteiger partial charge < -0.3 is 15.4 Å². The molecule has 0 aromatic heterocycles. The first-order valence-electron chi connectivity index (χ1n) is 7.24. The van der Waals surface area contributed by atoms with Gasteiger partial charge in [0.2, 0.25) is 0 Å². The average molecular weight is 293 g/mol. The molecule has 6 heteroatoms. The van der Waals surface area contributed by atoms with Gasteiger partial charge in [-0.15, -0.1) is 0 Å². The second kappa shape index (κ2) is 6.30. The number of hydrogen-bond acceptors (Lipinski definition) is 5. The van der Waals surface area contributed by atoms with Gasteiger partial charge >= 0.3 is 0 Å². The third kappa shape index (κ3) is 3.64. The maximum Gasteiger partial charge on any atom is 0.296 e. The Morgan fingerprint density at radius 3 is 2.90 bits per heavy atom. The number of nitrogens with zero attached hydrogens (tertiary/aromatic N) is 1. The van der Waals surface area contributed by atoms with E-state index in [-0.39, 0.29) is 16.0 Å². The summed E-state index contributed by atoms with van der Waals surface area (Å²) in [6, 6.07) is 5.18. The normalized spacial score (nSPS) is 20.8. The van der Waals surface area contributed by atoms with Crippen LogP contribution < -0.4 is 15.4 Å². The van der Waals surface area contributed by atoms with Crippen molar-refractivity contribution in [3.63, 3.8) is 0 Å². The number of rotatable bonds is 5. The fourth-order valence-electron chi connectivity index (χ4n) is 2.77. The van der Waals surface area contributed by atoms with Crippen molar-refractivity contribution in [3.8, 4) is 5.75 Å². The fourth-order valence-corrected chi connectivity index (χ4v) is 2.77. The fraction of sp³-hybridized carbons (Fsp3) is 0.600. The number of hydrogen-bond donors (Lipinski definition) is 2. The van der Waals surface area contributed by atoms with Crippen LogP contribution >= 0.6 is 0 Å². The summed E-state index contributed by atoms with van der Waals surface area (Å²) in [7, 11) is 1.50. The van der Waals surface area contributed by atoms with E-state index >= 15 is 0 Å². The number of nitro groups is 1. The van der Waals surface area contributed by atoms with Gasteiger partial charge in [0.25, 0.3) is 5.69 Å². The van der Waals surface area contributed by atoms with Gasteiger partial charge in [0.15, 0.2) is 0 Å². The zero-order valence-electron chi connectivity index (χ0n) is 12.8. The minimum atomic E-state index is -0.385. The monoisotopic (exact) mass is 293 g/mol. The van der Waals surface area contributed by atoms with Gasteiger partial charge in [-0.2, -0.15) is 0 Å². The quantitative estimate of drug-likeness (QED) is 0.645. The number of benzene rings is 1. The van der Waals surface area contributed by atoms with E-state index in [2.05, 4.69) is 24.5 Å². The second-order valence-electron chi connectivity index (χ2n) is 6.12. The molecule has 1 aliphatic heterocycles. The van der Waals surface area contributed by atoms with Crippen molar-refractivity contribution in [3.05, 3.63) is 28.3 Å². The molecule has 2 rings (SSSR count). The number of ether oxygens (including phenoxy) is 1. The van der Waals surface area contributed by atoms with Crippen LogP contribution in [0.4, 0.5) is 11.4 Å². The van der Waals surface area contributed by atoms with E-state index in [0.29, 0.717) is 24.0 Å². The lowest BCUT2D eigenvalue weighted by molar-refractivity contribution is -0.384. The molecule has 21 heavy (non-hydrogen) atoms. The zero-order chi connectivity index (χ0) is 15.5. The van der Waals surface area contributed by atoms with Gasteiger partial charge in [-0.1, -0.05) is 13.8 Å². The summed E-state index contributed by atoms with van der Waals surface area (Å²) in [6.45, 7) is 6.13. The summed E-state index contributed by atoms with van der Waals surface area (Å²) in [5.41, 5.74) is 0.763. The van der Waals surface area contributed by atoms with Crippen LogP contribution in [0.3, 0.4) is 0 Å². The van der Waals surface area contributed by atoms with Crippen LogP contribution in [-0.2, 0) is 0 Å². The van der Waals surface area contributed by atoms with Gasteiger partial charge in [0, 0.05) is 12.6 Å². The summed E-state index contributed by atoms with van der Waals surface area (Å²) in [5.74, 6) is 0.489. The van der Waals surface area contributed by atoms with E-state index in [1.807, 2.05) is 0 Å². The van der Waals surface area contributed by atoms with Crippen molar-refractivity contribution < 1.29 is 9.66 Å². The van der Waals surface area contributed by atoms with Crippen LogP contribution in [0.1, 0.15) is 26.7 Å². The molecule has 1 heterocycles. The van der Waals surface area contributed by atoms with E-state index in [1.54, 1.807) is 12.1 Å². The van der Waals surface area contributed by atoms with Gasteiger partial charge in [-0.05, 0) is 36.9 Å². The zero-order valence-corrected chi connectivity index (χ0v) is 12.8. The van der Waals surface area contributed by atoms with Crippen molar-refractivity contribution >= 4 is 11.4 Å². The Bertz CT molecular complexity index is 517. The first-order chi connectivity index (χ1) is 9.94. The molecule has 1 saturated heterocycles. The van der Waals surface area contributed by atoms with E-state index < -0.39 is 0 Å². The highest BCUT2D eigenvalue weighted by Gasteiger charge is 2.32. The smallest absolute Gasteiger partial charge is 0.296 e. The van der Waals surface area contributed by atoms with Crippen LogP contribution in [0.5, 0.6) is 5.75 Å². The SMILES string of the molecule is COc1ccc(NCC2NCCCC2(C)C)c([N+](=O)[O-])c1. The lowest BCUT2D eigenvalue weighted by Gasteiger charge is -2.39. The lowest BCUT2D eigenvalue weighted by atomic mass is 9.77. The maximum absolute atomic E-state index is 11.2. The van der Waals surface area contributed by atoms with Crippen LogP contribution in [0, 0.1) is 15.5 Å². The Hall–Kier alpha value is -1.82. The van der Waals surface area contributed by atoms with E-state index in [0.717, 1.165) is 13.0 Å². The molecule has 0 spiro atoms. The van der Waals surface area contributed by atoms with E-state index in [4.69, 9.17) is 4.74 Å². The largest absolute Gasteiger partial charge is 0.496 e. The highest BCUT2D eigenvalue weighted by Crippen LogP contribution is 2.32. The molecule has 1 atom stereocenters. The minimum Gasteiger partial charge on any atom is -0.496 e. The predicted molar refractivity (Wildman–Crippen MR) is 82.9 cm³/mol. The Labute approximate surface area is 125 Å². The Morgan fingerprint density at radius 2 is 2.29 bits per heavy atom. The molecule has 0 amide bonds. The molecular weight excluding hydrogens is 270 g/mol. The van der Waals surface area contributed by atoms with Crippen LogP contribution in [0.15, 0.2) is 18.2 Å². The first-order valence-corrected chi connectivity index (χ1v) is 7.24. The standard InChI is InChI=1S/C15H23N3O3/c1-15(2)7-4-8-16-14(15)10-17-12-6-5-11(21-3)9-13(12)18(19)20/h5-6,9,14,16-17H,4,7-8,10H2,1-3H3. The third-order valence-corrected chi connectivity index (χ3v) is 4.23. The van der Waals surface area contributed by atoms with E-state index in [9.17, 15) is 10.1 Å². The average Bonchev–Trinajstić information content (AvgIpc) is 2.45. The van der Waals surface area contributed by atoms with Gasteiger partial charge in [-0.25, -0.2) is 0 Å². The summed E-state index contributed by atoms with van der Waals surface area (Å²) in [5, 5.41) is 17.9. The molecule has 2 N–H and O–H groups in total. The molecule has 1 aliphatic rings. The van der Waals surface area contributed by atoms with Crippen molar-refractivity contribution in [2.24, 2.45) is 5.41 Å². The lowest BCUT2D eigenvalue weighted by Crippen LogP contribution is -2.50. The number of nitro benzene ring substituents is 1. The second-order valence-corrected chi connectivity index (χ2v) is 6.12. The minimum absolute atomic E-state index is 0.0444. The first kappa shape index (κ1) is 15.6. The summed E-state index contributed by atoms with van der Waals surface area (Å²) < 4.78 is 5.04. The highest BCUT2D eigenvalue weighted by molar-refractivity contribution is 5.64. The topological polar surface area (TPSA) is 76.4 Å². The molecule has 0 aliphatic carbocycles. The molecule has 0 bridgehead atoms. The van der Waals surface area contributed by atoms with Crippen LogP contribution in [-0.4, -0.2) is 31.2 Å². The summed E-state index contributed by atoms with van der Waals surface area (Å²) >= 11 is 0. The number of nitrogens with one attached hydrogen (secondary N) is 2. The number of methoxy groups -OCH3 is 1. The van der Waals surface area contributed by atoms with Gasteiger partial charge in [0.05, 0.1) is 18.1 Å². The highest BCUT2D eigenvalue weighted by atomic mass is 16.6. The van der Waals surface area contributed by atoms with Crippen molar-refractivity contribution in [1.82, 2.24) is 5.32 Å². The molecule has 0 saturated carbocycles. The summed E-state index contributed by atoms with van der Waals surface area (Å²) in [4.78, 5) is 10.8. The summed E-state index contributed by atoms with van der Waals surface area (Å²) in [6.07, 6.45) is 2.34. The van der Waals surface area contributed by atoms with Crippen LogP contribution in [0.25, 0.3) is 0 Å². The van der Waals surface area contributed by atoms with Crippen molar-refractivity contribution in [1.29, 1.82) is 0 Å². The Kier molecular flexibility index (Phi) is 4.67. The molecule has 1 aromatic carbocycles. The Morgan fingerprint density at radius 1 is 1.52 bits per heavy atom.